The molecule has 0 aliphatic heterocycles. The third-order valence-electron chi connectivity index (χ3n) is 12.1. The van der Waals surface area contributed by atoms with Crippen LogP contribution in [-0.2, 0) is 0 Å². The van der Waals surface area contributed by atoms with Crippen LogP contribution in [-0.4, -0.2) is 79.2 Å². The lowest BCUT2D eigenvalue weighted by Gasteiger charge is -2.43. The van der Waals surface area contributed by atoms with Gasteiger partial charge in [-0.25, -0.2) is 0 Å². The Balaban J connectivity index is 0.000000530. The molecule has 53 heavy (non-hydrogen) atoms. The molecule has 0 saturated heterocycles. The van der Waals surface area contributed by atoms with Crippen molar-refractivity contribution < 1.29 is 15.3 Å². The molecular weight excluding hydrogens is 729 g/mol. The van der Waals surface area contributed by atoms with Crippen LogP contribution in [0.5, 0.6) is 0 Å². The summed E-state index contributed by atoms with van der Waals surface area (Å²) in [5, 5.41) is 30.1. The Kier molecular flexibility index (Phi) is 34.8. The Morgan fingerprint density at radius 1 is 0.434 bits per heavy atom. The largest absolute Gasteiger partial charge is 0.396 e. The predicted molar refractivity (Wildman–Crippen MR) is 248 cm³/mol. The van der Waals surface area contributed by atoms with E-state index >= 15 is 0 Å². The van der Waals surface area contributed by atoms with Gasteiger partial charge in [0.2, 0.25) is 0 Å². The summed E-state index contributed by atoms with van der Waals surface area (Å²) in [6.07, 6.45) is 28.5. The number of rotatable bonds is 31. The minimum absolute atomic E-state index is 0.347. The molecule has 0 aromatic heterocycles. The molecule has 0 aromatic carbocycles. The van der Waals surface area contributed by atoms with E-state index in [1.807, 2.05) is 0 Å². The fourth-order valence-electron chi connectivity index (χ4n) is 8.51. The molecule has 0 aromatic rings. The first-order chi connectivity index (χ1) is 25.7. The van der Waals surface area contributed by atoms with Gasteiger partial charge in [0.15, 0.2) is 0 Å². The second kappa shape index (κ2) is 35.2. The van der Waals surface area contributed by atoms with E-state index in [0.717, 1.165) is 75.8 Å². The first-order valence-electron chi connectivity index (χ1n) is 23.0. The van der Waals surface area contributed by atoms with Crippen LogP contribution in [0.15, 0.2) is 0 Å². The minimum atomic E-state index is 0.347. The lowest BCUT2D eigenvalue weighted by molar-refractivity contribution is 0.251. The van der Waals surface area contributed by atoms with Crippen LogP contribution in [0.25, 0.3) is 0 Å². The minimum Gasteiger partial charge on any atom is -0.396 e. The summed E-state index contributed by atoms with van der Waals surface area (Å²) in [5.41, 5.74) is 0. The second-order valence-electron chi connectivity index (χ2n) is 17.5. The molecule has 0 heterocycles. The van der Waals surface area contributed by atoms with Crippen molar-refractivity contribution in [3.8, 4) is 0 Å². The van der Waals surface area contributed by atoms with Crippen molar-refractivity contribution in [2.24, 2.45) is 35.5 Å². The van der Waals surface area contributed by atoms with Crippen molar-refractivity contribution in [1.82, 2.24) is 0 Å². The first-order valence-corrected chi connectivity index (χ1v) is 27.2. The molecule has 0 radical (unpaired) electrons. The zero-order valence-electron chi connectivity index (χ0n) is 36.3. The van der Waals surface area contributed by atoms with Crippen molar-refractivity contribution in [1.29, 1.82) is 0 Å². The summed E-state index contributed by atoms with van der Waals surface area (Å²) in [6.45, 7) is 18.1. The third-order valence-corrected chi connectivity index (χ3v) is 18.6. The monoisotopic (exact) mass is 821 g/mol. The molecule has 3 N–H and O–H groups in total. The third kappa shape index (κ3) is 24.7. The Morgan fingerprint density at radius 2 is 0.849 bits per heavy atom. The summed E-state index contributed by atoms with van der Waals surface area (Å²) in [6, 6.07) is 0. The highest BCUT2D eigenvalue weighted by atomic mass is 32.2. The van der Waals surface area contributed by atoms with Crippen LogP contribution in [0.2, 0.25) is 0 Å². The molecule has 0 bridgehead atoms. The van der Waals surface area contributed by atoms with Gasteiger partial charge in [0.05, 0.1) is 0 Å². The van der Waals surface area contributed by atoms with E-state index in [9.17, 15) is 0 Å². The molecule has 2 aliphatic carbocycles. The van der Waals surface area contributed by atoms with Gasteiger partial charge in [-0.3, -0.25) is 0 Å². The highest BCUT2D eigenvalue weighted by molar-refractivity contribution is 8.03. The molecule has 3 nitrogen and oxygen atoms in total. The SMILES string of the molecule is CC(C)C1CCC(C)C(SCCCCCCO)C1SCCCCCCO.CCCCCCCCSC1CC(C(C)C)C(SCCCCCCO)CC1C. The number of aliphatic hydroxyl groups is 3. The van der Waals surface area contributed by atoms with Gasteiger partial charge in [-0.05, 0) is 129 Å². The molecule has 2 saturated carbocycles. The first kappa shape index (κ1) is 52.3. The van der Waals surface area contributed by atoms with E-state index in [1.54, 1.807) is 0 Å². The standard InChI is InChI=1S/C24H48OS2.C22H44O2S2/c1-5-6-7-8-10-13-16-26-23-19-22(20(2)3)24(18-21(23)4)27-17-14-11-9-12-15-25;1-18(2)20-13-12-19(3)21(25-16-10-6-4-8-14-23)22(20)26-17-11-7-5-9-15-24/h20-25H,5-19H2,1-4H3;18-24H,4-17H2,1-3H3. The van der Waals surface area contributed by atoms with E-state index in [2.05, 4.69) is 95.5 Å². The lowest BCUT2D eigenvalue weighted by atomic mass is 9.77. The highest BCUT2D eigenvalue weighted by Crippen LogP contribution is 2.47. The van der Waals surface area contributed by atoms with Crippen molar-refractivity contribution in [2.75, 3.05) is 42.8 Å². The van der Waals surface area contributed by atoms with Gasteiger partial charge < -0.3 is 15.3 Å². The normalized spacial score (nSPS) is 26.3. The van der Waals surface area contributed by atoms with Crippen LogP contribution in [0.3, 0.4) is 0 Å². The quantitative estimate of drug-likeness (QED) is 0.0602. The maximum Gasteiger partial charge on any atom is 0.0431 e. The van der Waals surface area contributed by atoms with Gasteiger partial charge >= 0.3 is 0 Å². The Bertz CT molecular complexity index is 786. The van der Waals surface area contributed by atoms with Crippen LogP contribution < -0.4 is 0 Å². The van der Waals surface area contributed by atoms with Crippen molar-refractivity contribution in [3.63, 3.8) is 0 Å². The fourth-order valence-corrected chi connectivity index (χ4v) is 15.5. The summed E-state index contributed by atoms with van der Waals surface area (Å²) in [5.74, 6) is 10.4. The number of aliphatic hydroxyl groups excluding tert-OH is 3. The number of thioether (sulfide) groups is 4. The fraction of sp³-hybridized carbons (Fsp3) is 1.00. The second-order valence-corrected chi connectivity index (χ2v) is 22.8. The summed E-state index contributed by atoms with van der Waals surface area (Å²) in [7, 11) is 0. The zero-order valence-corrected chi connectivity index (χ0v) is 39.5. The number of hydrogen-bond acceptors (Lipinski definition) is 7. The molecule has 2 fully saturated rings. The highest BCUT2D eigenvalue weighted by Gasteiger charge is 2.39. The Hall–Kier alpha value is 1.28. The molecule has 8 unspecified atom stereocenters. The molecule has 0 amide bonds. The average Bonchev–Trinajstić information content (AvgIpc) is 3.13. The van der Waals surface area contributed by atoms with Crippen LogP contribution in [0.4, 0.5) is 0 Å². The summed E-state index contributed by atoms with van der Waals surface area (Å²) >= 11 is 9.07. The zero-order chi connectivity index (χ0) is 39.1. The predicted octanol–water partition coefficient (Wildman–Crippen LogP) is 13.8. The summed E-state index contributed by atoms with van der Waals surface area (Å²) < 4.78 is 0. The van der Waals surface area contributed by atoms with Crippen molar-refractivity contribution in [3.05, 3.63) is 0 Å². The van der Waals surface area contributed by atoms with E-state index in [4.69, 9.17) is 15.3 Å². The smallest absolute Gasteiger partial charge is 0.0431 e. The topological polar surface area (TPSA) is 60.7 Å². The van der Waals surface area contributed by atoms with Crippen LogP contribution in [0.1, 0.15) is 190 Å². The van der Waals surface area contributed by atoms with E-state index in [-0.39, 0.29) is 0 Å². The average molecular weight is 822 g/mol. The lowest BCUT2D eigenvalue weighted by Crippen LogP contribution is -2.41. The van der Waals surface area contributed by atoms with Crippen molar-refractivity contribution >= 4 is 47.0 Å². The van der Waals surface area contributed by atoms with Crippen molar-refractivity contribution in [2.45, 2.75) is 211 Å². The molecular formula is C46H92O3S4. The van der Waals surface area contributed by atoms with Gasteiger partial charge in [-0.2, -0.15) is 47.0 Å². The van der Waals surface area contributed by atoms with Gasteiger partial charge in [0.25, 0.3) is 0 Å². The van der Waals surface area contributed by atoms with Gasteiger partial charge in [-0.15, -0.1) is 0 Å². The maximum atomic E-state index is 8.92. The molecule has 318 valence electrons. The van der Waals surface area contributed by atoms with E-state index in [0.29, 0.717) is 19.8 Å². The van der Waals surface area contributed by atoms with Gasteiger partial charge in [0, 0.05) is 40.8 Å². The molecule has 8 atom stereocenters. The number of hydrogen-bond donors (Lipinski definition) is 3. The maximum absolute atomic E-state index is 8.92. The summed E-state index contributed by atoms with van der Waals surface area (Å²) in [4.78, 5) is 0. The van der Waals surface area contributed by atoms with Crippen LogP contribution in [0, 0.1) is 35.5 Å². The number of unbranched alkanes of at least 4 members (excludes halogenated alkanes) is 14. The molecule has 7 heteroatoms. The van der Waals surface area contributed by atoms with E-state index < -0.39 is 0 Å². The van der Waals surface area contributed by atoms with Crippen LogP contribution >= 0.6 is 47.0 Å². The van der Waals surface area contributed by atoms with E-state index in [1.165, 1.54) is 145 Å². The Labute approximate surface area is 349 Å². The Morgan fingerprint density at radius 3 is 1.32 bits per heavy atom. The molecule has 0 spiro atoms. The van der Waals surface area contributed by atoms with Gasteiger partial charge in [-0.1, -0.05) is 119 Å². The van der Waals surface area contributed by atoms with Gasteiger partial charge in [0.1, 0.15) is 0 Å². The molecule has 2 rings (SSSR count). The molecule has 2 aliphatic rings.